The number of rotatable bonds is 7. The molecule has 0 amide bonds. The largest absolute Gasteiger partial charge is 0.497 e. The number of hydrogen-bond donors (Lipinski definition) is 0. The second-order valence-electron chi connectivity index (χ2n) is 4.60. The molecule has 124 valence electrons. The molecule has 9 heteroatoms. The molecule has 0 aliphatic rings. The fourth-order valence-corrected chi connectivity index (χ4v) is 4.43. The molecule has 0 unspecified atom stereocenters. The van der Waals surface area contributed by atoms with Gasteiger partial charge in [-0.1, -0.05) is 13.0 Å². The first-order valence-corrected chi connectivity index (χ1v) is 9.07. The topological polar surface area (TPSA) is 89.8 Å². The number of nitro groups is 1. The van der Waals surface area contributed by atoms with E-state index in [1.807, 2.05) is 17.5 Å². The molecule has 0 N–H and O–H groups in total. The van der Waals surface area contributed by atoms with E-state index in [0.717, 1.165) is 10.9 Å². The summed E-state index contributed by atoms with van der Waals surface area (Å²) in [5.41, 5.74) is -0.492. The predicted molar refractivity (Wildman–Crippen MR) is 87.2 cm³/mol. The number of nitro benzene ring substituents is 1. The Morgan fingerprint density at radius 3 is 2.61 bits per heavy atom. The van der Waals surface area contributed by atoms with Crippen molar-refractivity contribution in [3.8, 4) is 5.75 Å². The second-order valence-corrected chi connectivity index (χ2v) is 7.54. The summed E-state index contributed by atoms with van der Waals surface area (Å²) in [4.78, 5) is 11.1. The average Bonchev–Trinajstić information content (AvgIpc) is 3.04. The zero-order chi connectivity index (χ0) is 17.0. The minimum Gasteiger partial charge on any atom is -0.497 e. The first-order chi connectivity index (χ1) is 10.9. The molecule has 0 spiro atoms. The van der Waals surface area contributed by atoms with Crippen LogP contribution in [0.25, 0.3) is 0 Å². The molecule has 0 fully saturated rings. The van der Waals surface area contributed by atoms with Crippen molar-refractivity contribution in [1.82, 2.24) is 4.31 Å². The summed E-state index contributed by atoms with van der Waals surface area (Å²) in [6.07, 6.45) is 0. The van der Waals surface area contributed by atoms with Gasteiger partial charge in [0.1, 0.15) is 5.75 Å². The van der Waals surface area contributed by atoms with Crippen molar-refractivity contribution in [2.75, 3.05) is 13.7 Å². The SMILES string of the molecule is CCN(Cc1cccs1)S(=O)(=O)c1ccc(OC)cc1[N+](=O)[O-]. The number of methoxy groups -OCH3 is 1. The molecule has 0 bridgehead atoms. The molecule has 0 atom stereocenters. The van der Waals surface area contributed by atoms with Gasteiger partial charge in [0.05, 0.1) is 18.1 Å². The van der Waals surface area contributed by atoms with Crippen LogP contribution in [0.5, 0.6) is 5.75 Å². The standard InChI is InChI=1S/C14H16N2O5S2/c1-3-15(10-12-5-4-8-22-12)23(19,20)14-7-6-11(21-2)9-13(14)16(17)18/h4-9H,3,10H2,1-2H3. The van der Waals surface area contributed by atoms with Gasteiger partial charge in [0.15, 0.2) is 4.90 Å². The van der Waals surface area contributed by atoms with E-state index in [1.165, 1.54) is 34.9 Å². The van der Waals surface area contributed by atoms with Gasteiger partial charge in [-0.25, -0.2) is 8.42 Å². The van der Waals surface area contributed by atoms with Crippen molar-refractivity contribution in [3.05, 3.63) is 50.7 Å². The van der Waals surface area contributed by atoms with Gasteiger partial charge in [0, 0.05) is 18.0 Å². The zero-order valence-corrected chi connectivity index (χ0v) is 14.3. The summed E-state index contributed by atoms with van der Waals surface area (Å²) < 4.78 is 31.7. The third-order valence-corrected chi connectivity index (χ3v) is 6.07. The molecule has 0 radical (unpaired) electrons. The van der Waals surface area contributed by atoms with E-state index in [2.05, 4.69) is 0 Å². The molecule has 1 aromatic heterocycles. The summed E-state index contributed by atoms with van der Waals surface area (Å²) in [5, 5.41) is 13.1. The average molecular weight is 356 g/mol. The highest BCUT2D eigenvalue weighted by Crippen LogP contribution is 2.31. The second kappa shape index (κ2) is 7.07. The van der Waals surface area contributed by atoms with Crippen molar-refractivity contribution in [3.63, 3.8) is 0 Å². The van der Waals surface area contributed by atoms with Crippen LogP contribution in [0.2, 0.25) is 0 Å². The number of ether oxygens (including phenoxy) is 1. The Kier molecular flexibility index (Phi) is 5.34. The molecule has 7 nitrogen and oxygen atoms in total. The van der Waals surface area contributed by atoms with Gasteiger partial charge in [-0.15, -0.1) is 11.3 Å². The first-order valence-electron chi connectivity index (χ1n) is 6.75. The fourth-order valence-electron chi connectivity index (χ4n) is 2.07. The van der Waals surface area contributed by atoms with Crippen LogP contribution in [0, 0.1) is 10.1 Å². The van der Waals surface area contributed by atoms with Crippen LogP contribution in [0.4, 0.5) is 5.69 Å². The van der Waals surface area contributed by atoms with Gasteiger partial charge in [0.2, 0.25) is 10.0 Å². The lowest BCUT2D eigenvalue weighted by atomic mass is 10.3. The van der Waals surface area contributed by atoms with Crippen LogP contribution in [0.3, 0.4) is 0 Å². The monoisotopic (exact) mass is 356 g/mol. The van der Waals surface area contributed by atoms with Gasteiger partial charge in [0.25, 0.3) is 5.69 Å². The Balaban J connectivity index is 2.47. The van der Waals surface area contributed by atoms with E-state index in [4.69, 9.17) is 4.74 Å². The van der Waals surface area contributed by atoms with Crippen LogP contribution in [-0.2, 0) is 16.6 Å². The number of hydrogen-bond acceptors (Lipinski definition) is 6. The number of thiophene rings is 1. The van der Waals surface area contributed by atoms with E-state index in [-0.39, 0.29) is 23.7 Å². The molecule has 2 aromatic rings. The third kappa shape index (κ3) is 3.69. The maximum Gasteiger partial charge on any atom is 0.293 e. The number of sulfonamides is 1. The van der Waals surface area contributed by atoms with Crippen molar-refractivity contribution < 1.29 is 18.1 Å². The van der Waals surface area contributed by atoms with E-state index < -0.39 is 20.6 Å². The maximum atomic E-state index is 12.8. The van der Waals surface area contributed by atoms with Crippen molar-refractivity contribution in [2.24, 2.45) is 0 Å². The van der Waals surface area contributed by atoms with Crippen LogP contribution in [-0.4, -0.2) is 31.3 Å². The number of benzene rings is 1. The maximum absolute atomic E-state index is 12.8. The van der Waals surface area contributed by atoms with Crippen LogP contribution in [0.1, 0.15) is 11.8 Å². The molecule has 0 saturated carbocycles. The van der Waals surface area contributed by atoms with Crippen LogP contribution >= 0.6 is 11.3 Å². The predicted octanol–water partition coefficient (Wildman–Crippen LogP) is 2.88. The Hall–Kier alpha value is -1.97. The third-order valence-electron chi connectivity index (χ3n) is 3.25. The molecule has 2 rings (SSSR count). The van der Waals surface area contributed by atoms with E-state index in [9.17, 15) is 18.5 Å². The van der Waals surface area contributed by atoms with Gasteiger partial charge in [-0.05, 0) is 23.6 Å². The first kappa shape index (κ1) is 17.4. The Morgan fingerprint density at radius 1 is 1.35 bits per heavy atom. The minimum absolute atomic E-state index is 0.180. The molecule has 0 aliphatic carbocycles. The highest BCUT2D eigenvalue weighted by Gasteiger charge is 2.31. The normalized spacial score (nSPS) is 11.6. The van der Waals surface area contributed by atoms with Crippen molar-refractivity contribution >= 4 is 27.0 Å². The highest BCUT2D eigenvalue weighted by molar-refractivity contribution is 7.89. The van der Waals surface area contributed by atoms with E-state index >= 15 is 0 Å². The van der Waals surface area contributed by atoms with Gasteiger partial charge in [-0.2, -0.15) is 4.31 Å². The molecule has 0 aliphatic heterocycles. The van der Waals surface area contributed by atoms with Crippen LogP contribution < -0.4 is 4.74 Å². The van der Waals surface area contributed by atoms with E-state index in [1.54, 1.807) is 6.92 Å². The Bertz CT molecular complexity index is 788. The molecule has 23 heavy (non-hydrogen) atoms. The summed E-state index contributed by atoms with van der Waals surface area (Å²) in [5.74, 6) is 0.233. The summed E-state index contributed by atoms with van der Waals surface area (Å²) in [6.45, 7) is 2.09. The van der Waals surface area contributed by atoms with Crippen LogP contribution in [0.15, 0.2) is 40.6 Å². The van der Waals surface area contributed by atoms with Crippen molar-refractivity contribution in [1.29, 1.82) is 0 Å². The van der Waals surface area contributed by atoms with Gasteiger partial charge in [-0.3, -0.25) is 10.1 Å². The zero-order valence-electron chi connectivity index (χ0n) is 12.6. The highest BCUT2D eigenvalue weighted by atomic mass is 32.2. The fraction of sp³-hybridized carbons (Fsp3) is 0.286. The lowest BCUT2D eigenvalue weighted by molar-refractivity contribution is -0.387. The summed E-state index contributed by atoms with van der Waals surface area (Å²) in [6, 6.07) is 7.38. The number of nitrogens with zero attached hydrogens (tertiary/aromatic N) is 2. The van der Waals surface area contributed by atoms with Gasteiger partial charge >= 0.3 is 0 Å². The molecule has 1 aromatic carbocycles. The molecule has 1 heterocycles. The Morgan fingerprint density at radius 2 is 2.09 bits per heavy atom. The van der Waals surface area contributed by atoms with E-state index in [0.29, 0.717) is 0 Å². The smallest absolute Gasteiger partial charge is 0.293 e. The quantitative estimate of drug-likeness (QED) is 0.562. The lowest BCUT2D eigenvalue weighted by Crippen LogP contribution is -2.30. The Labute approximate surface area is 138 Å². The molecular weight excluding hydrogens is 340 g/mol. The van der Waals surface area contributed by atoms with Gasteiger partial charge < -0.3 is 4.74 Å². The molecular formula is C14H16N2O5S2. The van der Waals surface area contributed by atoms with Crippen molar-refractivity contribution in [2.45, 2.75) is 18.4 Å². The lowest BCUT2D eigenvalue weighted by Gasteiger charge is -2.19. The molecule has 0 saturated heterocycles. The minimum atomic E-state index is -3.99. The summed E-state index contributed by atoms with van der Waals surface area (Å²) >= 11 is 1.43. The summed E-state index contributed by atoms with van der Waals surface area (Å²) in [7, 11) is -2.62.